The molecule has 0 amide bonds. The number of carbonyl (C=O) groups is 1. The standard InChI is InChI=1S/C21H26O3/c1-15(2)19-9-5-17(6-10-19)13-23-21(22)24-14-18-7-11-20(12-8-18)16(3)4/h5-12,15-16H,13-14H2,1-4H3. The highest BCUT2D eigenvalue weighted by molar-refractivity contribution is 5.60. The summed E-state index contributed by atoms with van der Waals surface area (Å²) in [6.45, 7) is 9.05. The molecule has 3 nitrogen and oxygen atoms in total. The molecular formula is C21H26O3. The largest absolute Gasteiger partial charge is 0.508 e. The van der Waals surface area contributed by atoms with Gasteiger partial charge in [0.2, 0.25) is 0 Å². The maximum atomic E-state index is 11.7. The van der Waals surface area contributed by atoms with Crippen molar-refractivity contribution in [2.75, 3.05) is 0 Å². The summed E-state index contributed by atoms with van der Waals surface area (Å²) in [5.41, 5.74) is 4.45. The fourth-order valence-electron chi connectivity index (χ4n) is 2.32. The van der Waals surface area contributed by atoms with Crippen LogP contribution in [0.25, 0.3) is 0 Å². The molecule has 0 heterocycles. The summed E-state index contributed by atoms with van der Waals surface area (Å²) < 4.78 is 10.3. The molecule has 2 aromatic carbocycles. The van der Waals surface area contributed by atoms with Crippen LogP contribution in [0, 0.1) is 0 Å². The van der Waals surface area contributed by atoms with Gasteiger partial charge in [-0.25, -0.2) is 4.79 Å². The van der Waals surface area contributed by atoms with E-state index in [2.05, 4.69) is 52.0 Å². The van der Waals surface area contributed by atoms with Crippen molar-refractivity contribution in [1.29, 1.82) is 0 Å². The Hall–Kier alpha value is -2.29. The highest BCUT2D eigenvalue weighted by Crippen LogP contribution is 2.16. The second-order valence-electron chi connectivity index (χ2n) is 6.62. The van der Waals surface area contributed by atoms with Crippen LogP contribution in [0.4, 0.5) is 4.79 Å². The van der Waals surface area contributed by atoms with Gasteiger partial charge in [0, 0.05) is 0 Å². The van der Waals surface area contributed by atoms with E-state index < -0.39 is 6.16 Å². The maximum absolute atomic E-state index is 11.7. The highest BCUT2D eigenvalue weighted by Gasteiger charge is 2.06. The molecule has 0 aromatic heterocycles. The van der Waals surface area contributed by atoms with Gasteiger partial charge in [-0.1, -0.05) is 76.2 Å². The van der Waals surface area contributed by atoms with Crippen LogP contribution < -0.4 is 0 Å². The van der Waals surface area contributed by atoms with Crippen molar-refractivity contribution in [2.24, 2.45) is 0 Å². The van der Waals surface area contributed by atoms with E-state index >= 15 is 0 Å². The minimum absolute atomic E-state index is 0.226. The Morgan fingerprint density at radius 1 is 0.708 bits per heavy atom. The van der Waals surface area contributed by atoms with Gasteiger partial charge in [-0.2, -0.15) is 0 Å². The van der Waals surface area contributed by atoms with Crippen molar-refractivity contribution in [1.82, 2.24) is 0 Å². The summed E-state index contributed by atoms with van der Waals surface area (Å²) in [6.07, 6.45) is -0.643. The number of benzene rings is 2. The molecule has 0 aliphatic rings. The fourth-order valence-corrected chi connectivity index (χ4v) is 2.32. The molecule has 24 heavy (non-hydrogen) atoms. The van der Waals surface area contributed by atoms with Gasteiger partial charge in [0.25, 0.3) is 0 Å². The van der Waals surface area contributed by atoms with Crippen LogP contribution in [0.15, 0.2) is 48.5 Å². The maximum Gasteiger partial charge on any atom is 0.508 e. The van der Waals surface area contributed by atoms with E-state index in [1.807, 2.05) is 24.3 Å². The normalized spacial score (nSPS) is 10.9. The number of hydrogen-bond donors (Lipinski definition) is 0. The molecule has 0 fully saturated rings. The van der Waals surface area contributed by atoms with Crippen LogP contribution in [-0.4, -0.2) is 6.16 Å². The van der Waals surface area contributed by atoms with Crippen LogP contribution in [0.2, 0.25) is 0 Å². The third-order valence-corrected chi connectivity index (χ3v) is 4.01. The van der Waals surface area contributed by atoms with Crippen LogP contribution in [0.3, 0.4) is 0 Å². The first-order chi connectivity index (χ1) is 11.5. The molecule has 0 aliphatic carbocycles. The van der Waals surface area contributed by atoms with Crippen molar-refractivity contribution >= 4 is 6.16 Å². The minimum atomic E-state index is -0.643. The van der Waals surface area contributed by atoms with E-state index in [1.54, 1.807) is 0 Å². The molecular weight excluding hydrogens is 300 g/mol. The molecule has 0 saturated heterocycles. The lowest BCUT2D eigenvalue weighted by Crippen LogP contribution is -2.07. The molecule has 3 heteroatoms. The van der Waals surface area contributed by atoms with Gasteiger partial charge >= 0.3 is 6.16 Å². The van der Waals surface area contributed by atoms with E-state index in [1.165, 1.54) is 11.1 Å². The molecule has 0 atom stereocenters. The zero-order valence-electron chi connectivity index (χ0n) is 14.9. The van der Waals surface area contributed by atoms with E-state index in [9.17, 15) is 4.79 Å². The quantitative estimate of drug-likeness (QED) is 0.631. The van der Waals surface area contributed by atoms with Gasteiger partial charge in [0.15, 0.2) is 0 Å². The predicted octanol–water partition coefficient (Wildman–Crippen LogP) is 5.79. The summed E-state index contributed by atoms with van der Waals surface area (Å²) in [5.74, 6) is 0.985. The molecule has 0 N–H and O–H groups in total. The summed E-state index contributed by atoms with van der Waals surface area (Å²) in [5, 5.41) is 0. The summed E-state index contributed by atoms with van der Waals surface area (Å²) in [7, 11) is 0. The average molecular weight is 326 g/mol. The second kappa shape index (κ2) is 8.53. The van der Waals surface area contributed by atoms with Crippen LogP contribution in [-0.2, 0) is 22.7 Å². The van der Waals surface area contributed by atoms with Crippen molar-refractivity contribution in [3.8, 4) is 0 Å². The Bertz CT molecular complexity index is 582. The Morgan fingerprint density at radius 3 is 1.33 bits per heavy atom. The van der Waals surface area contributed by atoms with E-state index in [0.29, 0.717) is 11.8 Å². The number of carbonyl (C=O) groups excluding carboxylic acids is 1. The molecule has 2 rings (SSSR count). The second-order valence-corrected chi connectivity index (χ2v) is 6.62. The zero-order valence-corrected chi connectivity index (χ0v) is 14.9. The van der Waals surface area contributed by atoms with E-state index in [0.717, 1.165) is 11.1 Å². The van der Waals surface area contributed by atoms with Gasteiger partial charge in [-0.05, 0) is 34.1 Å². The van der Waals surface area contributed by atoms with Crippen LogP contribution in [0.1, 0.15) is 61.8 Å². The summed E-state index contributed by atoms with van der Waals surface area (Å²) in [4.78, 5) is 11.7. The summed E-state index contributed by atoms with van der Waals surface area (Å²) in [6, 6.07) is 16.2. The molecule has 0 bridgehead atoms. The van der Waals surface area contributed by atoms with Crippen molar-refractivity contribution < 1.29 is 14.3 Å². The monoisotopic (exact) mass is 326 g/mol. The first-order valence-electron chi connectivity index (χ1n) is 8.43. The average Bonchev–Trinajstić information content (AvgIpc) is 2.58. The van der Waals surface area contributed by atoms with Crippen molar-refractivity contribution in [3.05, 3.63) is 70.8 Å². The van der Waals surface area contributed by atoms with Gasteiger partial charge < -0.3 is 9.47 Å². The van der Waals surface area contributed by atoms with E-state index in [4.69, 9.17) is 9.47 Å². The van der Waals surface area contributed by atoms with Gasteiger partial charge in [0.05, 0.1) is 0 Å². The van der Waals surface area contributed by atoms with Crippen LogP contribution in [0.5, 0.6) is 0 Å². The molecule has 128 valence electrons. The SMILES string of the molecule is CC(C)c1ccc(COC(=O)OCc2ccc(C(C)C)cc2)cc1. The Morgan fingerprint density at radius 2 is 1.04 bits per heavy atom. The minimum Gasteiger partial charge on any atom is -0.429 e. The number of ether oxygens (including phenoxy) is 2. The highest BCUT2D eigenvalue weighted by atomic mass is 16.7. The van der Waals surface area contributed by atoms with Gasteiger partial charge in [0.1, 0.15) is 13.2 Å². The molecule has 0 radical (unpaired) electrons. The van der Waals surface area contributed by atoms with E-state index in [-0.39, 0.29) is 13.2 Å². The smallest absolute Gasteiger partial charge is 0.429 e. The molecule has 0 saturated carbocycles. The molecule has 0 aliphatic heterocycles. The van der Waals surface area contributed by atoms with Crippen molar-refractivity contribution in [2.45, 2.75) is 52.7 Å². The van der Waals surface area contributed by atoms with Crippen LogP contribution >= 0.6 is 0 Å². The zero-order chi connectivity index (χ0) is 17.5. The van der Waals surface area contributed by atoms with Gasteiger partial charge in [-0.15, -0.1) is 0 Å². The Kier molecular flexibility index (Phi) is 6.42. The third kappa shape index (κ3) is 5.41. The lowest BCUT2D eigenvalue weighted by atomic mass is 10.0. The fraction of sp³-hybridized carbons (Fsp3) is 0.381. The predicted molar refractivity (Wildman–Crippen MR) is 96.0 cm³/mol. The van der Waals surface area contributed by atoms with Gasteiger partial charge in [-0.3, -0.25) is 0 Å². The first kappa shape index (κ1) is 18.1. The molecule has 2 aromatic rings. The molecule has 0 spiro atoms. The number of hydrogen-bond acceptors (Lipinski definition) is 3. The lowest BCUT2D eigenvalue weighted by Gasteiger charge is -2.09. The number of rotatable bonds is 6. The first-order valence-corrected chi connectivity index (χ1v) is 8.43. The summed E-state index contributed by atoms with van der Waals surface area (Å²) >= 11 is 0. The third-order valence-electron chi connectivity index (χ3n) is 4.01. The van der Waals surface area contributed by atoms with Crippen molar-refractivity contribution in [3.63, 3.8) is 0 Å². The molecule has 0 unspecified atom stereocenters. The topological polar surface area (TPSA) is 35.5 Å². The Balaban J connectivity index is 1.76. The lowest BCUT2D eigenvalue weighted by molar-refractivity contribution is 0.0446. The Labute approximate surface area is 144 Å².